The molecule has 1 fully saturated rings. The van der Waals surface area contributed by atoms with E-state index in [-0.39, 0.29) is 28.5 Å². The molecule has 1 aliphatic rings. The number of amides is 1. The van der Waals surface area contributed by atoms with Crippen LogP contribution in [0, 0.1) is 6.92 Å². The highest BCUT2D eigenvalue weighted by Crippen LogP contribution is 2.37. The Morgan fingerprint density at radius 1 is 1.22 bits per heavy atom. The van der Waals surface area contributed by atoms with Crippen LogP contribution in [0.2, 0.25) is 0 Å². The maximum absolute atomic E-state index is 13.5. The van der Waals surface area contributed by atoms with Crippen molar-refractivity contribution in [2.75, 3.05) is 13.1 Å². The van der Waals surface area contributed by atoms with Gasteiger partial charge in [-0.1, -0.05) is 12.8 Å². The Balaban J connectivity index is 1.90. The van der Waals surface area contributed by atoms with Crippen LogP contribution in [0.3, 0.4) is 0 Å². The van der Waals surface area contributed by atoms with Gasteiger partial charge in [0.25, 0.3) is 5.91 Å². The molecule has 0 radical (unpaired) electrons. The van der Waals surface area contributed by atoms with Crippen molar-refractivity contribution < 1.29 is 22.7 Å². The fraction of sp³-hybridized carbons (Fsp3) is 0.611. The average molecular weight is 384 g/mol. The van der Waals surface area contributed by atoms with Crippen LogP contribution in [0.1, 0.15) is 43.9 Å². The Hall–Kier alpha value is -2.32. The minimum absolute atomic E-state index is 0.0520. The molecule has 27 heavy (non-hydrogen) atoms. The Kier molecular flexibility index (Phi) is 5.30. The fourth-order valence-corrected chi connectivity index (χ4v) is 3.49. The lowest BCUT2D eigenvalue weighted by Gasteiger charge is -2.24. The number of hydrogen-bond acceptors (Lipinski definition) is 4. The molecule has 1 amide bonds. The molecule has 6 nitrogen and oxygen atoms in total. The van der Waals surface area contributed by atoms with Crippen molar-refractivity contribution in [1.29, 1.82) is 0 Å². The second-order valence-electron chi connectivity index (χ2n) is 6.91. The van der Waals surface area contributed by atoms with Crippen LogP contribution < -0.4 is 4.74 Å². The largest absolute Gasteiger partial charge is 0.464 e. The summed E-state index contributed by atoms with van der Waals surface area (Å²) in [6.07, 6.45) is -1.49. The van der Waals surface area contributed by atoms with Crippen LogP contribution in [-0.2, 0) is 18.0 Å². The molecule has 148 valence electrons. The third-order valence-corrected chi connectivity index (χ3v) is 4.81. The molecule has 3 heterocycles. The van der Waals surface area contributed by atoms with Crippen molar-refractivity contribution in [3.63, 3.8) is 0 Å². The number of aryl methyl sites for hydroxylation is 2. The van der Waals surface area contributed by atoms with Crippen LogP contribution >= 0.6 is 0 Å². The number of carbonyl (C=O) groups is 1. The molecule has 9 heteroatoms. The molecule has 0 aliphatic carbocycles. The zero-order chi connectivity index (χ0) is 19.8. The van der Waals surface area contributed by atoms with E-state index in [0.717, 1.165) is 31.7 Å². The second-order valence-corrected chi connectivity index (χ2v) is 6.91. The second kappa shape index (κ2) is 7.36. The monoisotopic (exact) mass is 384 g/mol. The molecular weight excluding hydrogens is 361 g/mol. The molecule has 0 aromatic carbocycles. The summed E-state index contributed by atoms with van der Waals surface area (Å²) in [4.78, 5) is 18.5. The van der Waals surface area contributed by atoms with E-state index in [2.05, 4.69) is 10.1 Å². The van der Waals surface area contributed by atoms with Gasteiger partial charge in [-0.2, -0.15) is 23.3 Å². The molecular formula is C18H23F3N4O2. The van der Waals surface area contributed by atoms with Crippen molar-refractivity contribution in [3.05, 3.63) is 17.3 Å². The van der Waals surface area contributed by atoms with Gasteiger partial charge in [0.15, 0.2) is 11.8 Å². The van der Waals surface area contributed by atoms with Gasteiger partial charge in [-0.25, -0.2) is 0 Å². The standard InChI is InChI=1S/C18H23F3N4O2/c1-11-15-13(18(19,20)21)10-14(22-16(15)24(3)23-11)27-12(2)17(26)25-8-6-4-5-7-9-25/h10,12H,4-9H2,1-3H3. The van der Waals surface area contributed by atoms with Gasteiger partial charge in [0.2, 0.25) is 5.88 Å². The SMILES string of the molecule is Cc1nn(C)c2nc(OC(C)C(=O)N3CCCCCC3)cc(C(F)(F)F)c12. The molecule has 2 aromatic rings. The van der Waals surface area contributed by atoms with Crippen LogP contribution in [0.15, 0.2) is 6.07 Å². The molecule has 1 aliphatic heterocycles. The lowest BCUT2D eigenvalue weighted by atomic mass is 10.1. The number of halogens is 3. The Bertz CT molecular complexity index is 839. The molecule has 1 saturated heterocycles. The van der Waals surface area contributed by atoms with Gasteiger partial charge < -0.3 is 9.64 Å². The smallest absolute Gasteiger partial charge is 0.417 e. The first-order chi connectivity index (χ1) is 12.7. The topological polar surface area (TPSA) is 60.2 Å². The molecule has 0 bridgehead atoms. The van der Waals surface area contributed by atoms with E-state index in [1.165, 1.54) is 18.7 Å². The van der Waals surface area contributed by atoms with Gasteiger partial charge in [-0.15, -0.1) is 0 Å². The molecule has 1 atom stereocenters. The summed E-state index contributed by atoms with van der Waals surface area (Å²) in [6.45, 7) is 4.34. The number of likely N-dealkylation sites (tertiary alicyclic amines) is 1. The minimum Gasteiger partial charge on any atom is -0.464 e. The average Bonchev–Trinajstić information content (AvgIpc) is 2.80. The van der Waals surface area contributed by atoms with Crippen LogP contribution in [0.25, 0.3) is 11.0 Å². The minimum atomic E-state index is -4.58. The van der Waals surface area contributed by atoms with Crippen molar-refractivity contribution in [1.82, 2.24) is 19.7 Å². The van der Waals surface area contributed by atoms with Crippen molar-refractivity contribution >= 4 is 16.9 Å². The van der Waals surface area contributed by atoms with Gasteiger partial charge in [-0.05, 0) is 26.7 Å². The fourth-order valence-electron chi connectivity index (χ4n) is 3.49. The number of aromatic nitrogens is 3. The summed E-state index contributed by atoms with van der Waals surface area (Å²) in [5, 5.41) is 3.98. The van der Waals surface area contributed by atoms with E-state index in [4.69, 9.17) is 4.74 Å². The van der Waals surface area contributed by atoms with E-state index in [0.29, 0.717) is 13.1 Å². The number of rotatable bonds is 3. The quantitative estimate of drug-likeness (QED) is 0.813. The van der Waals surface area contributed by atoms with E-state index in [1.807, 2.05) is 0 Å². The first kappa shape index (κ1) is 19.4. The van der Waals surface area contributed by atoms with E-state index >= 15 is 0 Å². The van der Waals surface area contributed by atoms with E-state index in [1.54, 1.807) is 11.8 Å². The Morgan fingerprint density at radius 3 is 2.44 bits per heavy atom. The zero-order valence-electron chi connectivity index (χ0n) is 15.6. The number of fused-ring (bicyclic) bond motifs is 1. The van der Waals surface area contributed by atoms with Gasteiger partial charge in [0.1, 0.15) is 0 Å². The van der Waals surface area contributed by atoms with Crippen LogP contribution in [0.5, 0.6) is 5.88 Å². The maximum Gasteiger partial charge on any atom is 0.417 e. The summed E-state index contributed by atoms with van der Waals surface area (Å²) in [6, 6.07) is 0.850. The van der Waals surface area contributed by atoms with E-state index < -0.39 is 17.8 Å². The molecule has 0 saturated carbocycles. The highest BCUT2D eigenvalue weighted by Gasteiger charge is 2.36. The van der Waals surface area contributed by atoms with Crippen LogP contribution in [0.4, 0.5) is 13.2 Å². The first-order valence-corrected chi connectivity index (χ1v) is 9.05. The number of hydrogen-bond donors (Lipinski definition) is 0. The van der Waals surface area contributed by atoms with E-state index in [9.17, 15) is 18.0 Å². The summed E-state index contributed by atoms with van der Waals surface area (Å²) in [5.74, 6) is -0.456. The summed E-state index contributed by atoms with van der Waals surface area (Å²) >= 11 is 0. The molecule has 0 N–H and O–H groups in total. The van der Waals surface area contributed by atoms with Crippen molar-refractivity contribution in [3.8, 4) is 5.88 Å². The number of carbonyl (C=O) groups excluding carboxylic acids is 1. The predicted octanol–water partition coefficient (Wildman–Crippen LogP) is 3.47. The lowest BCUT2D eigenvalue weighted by molar-refractivity contribution is -0.138. The highest BCUT2D eigenvalue weighted by molar-refractivity contribution is 5.84. The molecule has 2 aromatic heterocycles. The van der Waals surface area contributed by atoms with Crippen LogP contribution in [-0.4, -0.2) is 44.8 Å². The molecule has 1 unspecified atom stereocenters. The number of alkyl halides is 3. The van der Waals surface area contributed by atoms with Gasteiger partial charge in [0, 0.05) is 26.2 Å². The first-order valence-electron chi connectivity index (χ1n) is 9.05. The highest BCUT2D eigenvalue weighted by atomic mass is 19.4. The van der Waals surface area contributed by atoms with Gasteiger partial charge >= 0.3 is 6.18 Å². The number of ether oxygens (including phenoxy) is 1. The number of pyridine rings is 1. The zero-order valence-corrected chi connectivity index (χ0v) is 15.6. The molecule has 0 spiro atoms. The predicted molar refractivity (Wildman–Crippen MR) is 93.4 cm³/mol. The Labute approximate surface area is 155 Å². The summed E-state index contributed by atoms with van der Waals surface area (Å²) < 4.78 is 47.4. The normalized spacial score (nSPS) is 17.0. The summed E-state index contributed by atoms with van der Waals surface area (Å²) in [5.41, 5.74) is -0.540. The summed E-state index contributed by atoms with van der Waals surface area (Å²) in [7, 11) is 1.53. The van der Waals surface area contributed by atoms with Crippen molar-refractivity contribution in [2.45, 2.75) is 51.8 Å². The third-order valence-electron chi connectivity index (χ3n) is 4.81. The van der Waals surface area contributed by atoms with Crippen molar-refractivity contribution in [2.24, 2.45) is 7.05 Å². The third kappa shape index (κ3) is 4.01. The molecule has 3 rings (SSSR count). The number of nitrogens with zero attached hydrogens (tertiary/aromatic N) is 4. The lowest BCUT2D eigenvalue weighted by Crippen LogP contribution is -2.41. The van der Waals surface area contributed by atoms with Gasteiger partial charge in [0.05, 0.1) is 16.6 Å². The van der Waals surface area contributed by atoms with Gasteiger partial charge in [-0.3, -0.25) is 9.48 Å². The maximum atomic E-state index is 13.5. The Morgan fingerprint density at radius 2 is 1.85 bits per heavy atom.